The van der Waals surface area contributed by atoms with Crippen molar-refractivity contribution in [2.75, 3.05) is 0 Å². The highest BCUT2D eigenvalue weighted by Gasteiger charge is 2.36. The second kappa shape index (κ2) is 3.75. The summed E-state index contributed by atoms with van der Waals surface area (Å²) in [4.78, 5) is 0. The molecule has 1 saturated carbocycles. The van der Waals surface area contributed by atoms with Gasteiger partial charge in [-0.15, -0.1) is 0 Å². The maximum absolute atomic E-state index is 9.73. The standard InChI is InChI=1S/C10H20O2/c1-6(2)8-5-4-7(3)9(11)10(8)12/h6-12H,4-5H2,1-3H3/t7-,8-,9-,10+/m0/s1. The summed E-state index contributed by atoms with van der Waals surface area (Å²) in [6.45, 7) is 6.22. The van der Waals surface area contributed by atoms with Gasteiger partial charge in [-0.3, -0.25) is 0 Å². The van der Waals surface area contributed by atoms with E-state index in [1.165, 1.54) is 0 Å². The Morgan fingerprint density at radius 2 is 1.67 bits per heavy atom. The molecule has 0 aromatic heterocycles. The van der Waals surface area contributed by atoms with Crippen molar-refractivity contribution in [2.24, 2.45) is 17.8 Å². The summed E-state index contributed by atoms with van der Waals surface area (Å²) in [6, 6.07) is 0. The van der Waals surface area contributed by atoms with Crippen molar-refractivity contribution >= 4 is 0 Å². The molecule has 0 aliphatic heterocycles. The van der Waals surface area contributed by atoms with Crippen LogP contribution in [0, 0.1) is 17.8 Å². The second-order valence-electron chi connectivity index (χ2n) is 4.44. The highest BCUT2D eigenvalue weighted by Crippen LogP contribution is 2.33. The zero-order valence-corrected chi connectivity index (χ0v) is 8.20. The van der Waals surface area contributed by atoms with Crippen molar-refractivity contribution in [1.82, 2.24) is 0 Å². The third-order valence-electron chi connectivity index (χ3n) is 3.18. The Morgan fingerprint density at radius 1 is 1.08 bits per heavy atom. The largest absolute Gasteiger partial charge is 0.390 e. The molecule has 0 radical (unpaired) electrons. The molecule has 12 heavy (non-hydrogen) atoms. The summed E-state index contributed by atoms with van der Waals surface area (Å²) in [7, 11) is 0. The molecule has 2 N–H and O–H groups in total. The molecule has 1 aliphatic carbocycles. The summed E-state index contributed by atoms with van der Waals surface area (Å²) in [6.07, 6.45) is 1.08. The Bertz CT molecular complexity index is 145. The minimum absolute atomic E-state index is 0.259. The van der Waals surface area contributed by atoms with E-state index in [0.717, 1.165) is 12.8 Å². The first-order valence-corrected chi connectivity index (χ1v) is 4.90. The van der Waals surface area contributed by atoms with Crippen molar-refractivity contribution in [3.8, 4) is 0 Å². The van der Waals surface area contributed by atoms with Crippen molar-refractivity contribution in [3.05, 3.63) is 0 Å². The van der Waals surface area contributed by atoms with Crippen LogP contribution in [0.1, 0.15) is 33.6 Å². The highest BCUT2D eigenvalue weighted by molar-refractivity contribution is 4.86. The highest BCUT2D eigenvalue weighted by atomic mass is 16.3. The van der Waals surface area contributed by atoms with Crippen LogP contribution < -0.4 is 0 Å². The van der Waals surface area contributed by atoms with E-state index in [0.29, 0.717) is 5.92 Å². The number of hydrogen-bond acceptors (Lipinski definition) is 2. The molecular formula is C10H20O2. The maximum atomic E-state index is 9.73. The fourth-order valence-electron chi connectivity index (χ4n) is 2.11. The maximum Gasteiger partial charge on any atom is 0.0832 e. The Kier molecular flexibility index (Phi) is 3.13. The van der Waals surface area contributed by atoms with Gasteiger partial charge in [0.05, 0.1) is 12.2 Å². The Hall–Kier alpha value is -0.0800. The minimum atomic E-state index is -0.508. The predicted molar refractivity (Wildman–Crippen MR) is 48.7 cm³/mol. The molecule has 1 rings (SSSR count). The molecule has 1 aliphatic rings. The van der Waals surface area contributed by atoms with Gasteiger partial charge < -0.3 is 10.2 Å². The fraction of sp³-hybridized carbons (Fsp3) is 1.00. The lowest BCUT2D eigenvalue weighted by Gasteiger charge is -2.38. The fourth-order valence-corrected chi connectivity index (χ4v) is 2.11. The molecule has 72 valence electrons. The van der Waals surface area contributed by atoms with Crippen LogP contribution in [-0.4, -0.2) is 22.4 Å². The van der Waals surface area contributed by atoms with Crippen LogP contribution >= 0.6 is 0 Å². The average molecular weight is 172 g/mol. The van der Waals surface area contributed by atoms with Crippen molar-refractivity contribution in [2.45, 2.75) is 45.8 Å². The lowest BCUT2D eigenvalue weighted by Crippen LogP contribution is -2.44. The molecule has 0 bridgehead atoms. The summed E-state index contributed by atoms with van der Waals surface area (Å²) >= 11 is 0. The van der Waals surface area contributed by atoms with Gasteiger partial charge in [0.1, 0.15) is 0 Å². The van der Waals surface area contributed by atoms with E-state index in [1.54, 1.807) is 0 Å². The Morgan fingerprint density at radius 3 is 2.17 bits per heavy atom. The van der Waals surface area contributed by atoms with Crippen LogP contribution in [0.4, 0.5) is 0 Å². The Balaban J connectivity index is 2.58. The van der Waals surface area contributed by atoms with Crippen molar-refractivity contribution in [3.63, 3.8) is 0 Å². The molecule has 0 spiro atoms. The normalized spacial score (nSPS) is 43.5. The third kappa shape index (κ3) is 1.80. The van der Waals surface area contributed by atoms with E-state index in [1.807, 2.05) is 6.92 Å². The van der Waals surface area contributed by atoms with Crippen LogP contribution in [-0.2, 0) is 0 Å². The van der Waals surface area contributed by atoms with Gasteiger partial charge >= 0.3 is 0 Å². The molecule has 2 nitrogen and oxygen atoms in total. The van der Waals surface area contributed by atoms with Crippen LogP contribution in [0.15, 0.2) is 0 Å². The van der Waals surface area contributed by atoms with E-state index < -0.39 is 12.2 Å². The lowest BCUT2D eigenvalue weighted by molar-refractivity contribution is -0.0832. The first-order valence-electron chi connectivity index (χ1n) is 4.90. The van der Waals surface area contributed by atoms with E-state index in [4.69, 9.17) is 0 Å². The van der Waals surface area contributed by atoms with Crippen molar-refractivity contribution < 1.29 is 10.2 Å². The Labute approximate surface area is 74.6 Å². The van der Waals surface area contributed by atoms with E-state index in [9.17, 15) is 10.2 Å². The van der Waals surface area contributed by atoms with Crippen LogP contribution in [0.25, 0.3) is 0 Å². The molecule has 0 heterocycles. The molecular weight excluding hydrogens is 152 g/mol. The van der Waals surface area contributed by atoms with Gasteiger partial charge in [0.15, 0.2) is 0 Å². The monoisotopic (exact) mass is 172 g/mol. The zero-order chi connectivity index (χ0) is 9.30. The number of aliphatic hydroxyl groups is 2. The third-order valence-corrected chi connectivity index (χ3v) is 3.18. The molecule has 0 saturated heterocycles. The molecule has 0 unspecified atom stereocenters. The summed E-state index contributed by atoms with van der Waals surface area (Å²) in [5.74, 6) is 1.02. The molecule has 1 fully saturated rings. The zero-order valence-electron chi connectivity index (χ0n) is 8.20. The number of rotatable bonds is 1. The first-order chi connectivity index (χ1) is 5.54. The summed E-state index contributed by atoms with van der Waals surface area (Å²) in [5.41, 5.74) is 0. The van der Waals surface area contributed by atoms with E-state index >= 15 is 0 Å². The van der Waals surface area contributed by atoms with Gasteiger partial charge in [-0.2, -0.15) is 0 Å². The van der Waals surface area contributed by atoms with Gasteiger partial charge in [-0.05, 0) is 30.6 Å². The topological polar surface area (TPSA) is 40.5 Å². The quantitative estimate of drug-likeness (QED) is 0.628. The smallest absolute Gasteiger partial charge is 0.0832 e. The minimum Gasteiger partial charge on any atom is -0.390 e. The van der Waals surface area contributed by atoms with Gasteiger partial charge in [0.25, 0.3) is 0 Å². The lowest BCUT2D eigenvalue weighted by atomic mass is 9.74. The summed E-state index contributed by atoms with van der Waals surface area (Å²) in [5, 5.41) is 19.3. The van der Waals surface area contributed by atoms with E-state index in [2.05, 4.69) is 13.8 Å². The van der Waals surface area contributed by atoms with Crippen molar-refractivity contribution in [1.29, 1.82) is 0 Å². The van der Waals surface area contributed by atoms with Crippen LogP contribution in [0.2, 0.25) is 0 Å². The number of aliphatic hydroxyl groups excluding tert-OH is 2. The van der Waals surface area contributed by atoms with Crippen LogP contribution in [0.5, 0.6) is 0 Å². The molecule has 0 amide bonds. The van der Waals surface area contributed by atoms with Crippen LogP contribution in [0.3, 0.4) is 0 Å². The molecule has 2 heteroatoms. The molecule has 4 atom stereocenters. The van der Waals surface area contributed by atoms with Gasteiger partial charge in [0.2, 0.25) is 0 Å². The SMILES string of the molecule is CC(C)[C@@H]1CC[C@H](C)[C@H](O)[C@@H]1O. The van der Waals surface area contributed by atoms with Gasteiger partial charge in [-0.1, -0.05) is 20.8 Å². The van der Waals surface area contributed by atoms with E-state index in [-0.39, 0.29) is 11.8 Å². The summed E-state index contributed by atoms with van der Waals surface area (Å²) < 4.78 is 0. The predicted octanol–water partition coefficient (Wildman–Crippen LogP) is 1.41. The second-order valence-corrected chi connectivity index (χ2v) is 4.44. The number of hydrogen-bond donors (Lipinski definition) is 2. The molecule has 0 aromatic carbocycles. The average Bonchev–Trinajstić information content (AvgIpc) is 2.00. The first kappa shape index (κ1) is 10.0. The van der Waals surface area contributed by atoms with Gasteiger partial charge in [0, 0.05) is 0 Å². The van der Waals surface area contributed by atoms with Gasteiger partial charge in [-0.25, -0.2) is 0 Å². The molecule has 0 aromatic rings.